The number of allylic oxidation sites excluding steroid dienone is 2. The lowest BCUT2D eigenvalue weighted by Crippen LogP contribution is -2.28. The zero-order valence-corrected chi connectivity index (χ0v) is 22.9. The molecule has 0 bridgehead atoms. The van der Waals surface area contributed by atoms with Crippen LogP contribution in [-0.2, 0) is 6.61 Å². The van der Waals surface area contributed by atoms with Crippen LogP contribution in [0.25, 0.3) is 0 Å². The summed E-state index contributed by atoms with van der Waals surface area (Å²) in [7, 11) is 0. The second-order valence-electron chi connectivity index (χ2n) is 10.1. The number of hydrogen-bond acceptors (Lipinski definition) is 4. The van der Waals surface area contributed by atoms with E-state index in [1.165, 1.54) is 28.9 Å². The summed E-state index contributed by atoms with van der Waals surface area (Å²) in [5.41, 5.74) is 6.21. The van der Waals surface area contributed by atoms with Crippen LogP contribution in [-0.4, -0.2) is 12.8 Å². The molecular weight excluding hydrogens is 523 g/mol. The molecule has 4 nitrogen and oxygen atoms in total. The number of aliphatic imine (C=N–C) groups is 1. The van der Waals surface area contributed by atoms with Crippen LogP contribution in [0.4, 0.5) is 15.8 Å². The molecule has 0 unspecified atom stereocenters. The summed E-state index contributed by atoms with van der Waals surface area (Å²) < 4.78 is 25.3. The highest BCUT2D eigenvalue weighted by Gasteiger charge is 2.37. The number of nitrogens with one attached hydrogen (secondary N) is 1. The summed E-state index contributed by atoms with van der Waals surface area (Å²) in [5.74, 6) is 1.59. The first-order valence-corrected chi connectivity index (χ1v) is 14.0. The van der Waals surface area contributed by atoms with Gasteiger partial charge >= 0.3 is 0 Å². The summed E-state index contributed by atoms with van der Waals surface area (Å²) >= 11 is 6.58. The molecule has 1 N–H and O–H groups in total. The maximum Gasteiger partial charge on any atom is 0.180 e. The van der Waals surface area contributed by atoms with E-state index in [1.807, 2.05) is 25.1 Å². The third-order valence-electron chi connectivity index (χ3n) is 7.49. The molecule has 2 aliphatic rings. The normalized spacial score (nSPS) is 19.2. The molecule has 0 fully saturated rings. The lowest BCUT2D eigenvalue weighted by atomic mass is 9.77. The molecule has 0 saturated heterocycles. The van der Waals surface area contributed by atoms with E-state index in [9.17, 15) is 4.39 Å². The Hall–Kier alpha value is -4.09. The average Bonchev–Trinajstić information content (AvgIpc) is 3.46. The zero-order valence-electron chi connectivity index (χ0n) is 22.2. The first-order valence-electron chi connectivity index (χ1n) is 13.6. The van der Waals surface area contributed by atoms with Crippen LogP contribution in [0.3, 0.4) is 0 Å². The SMILES string of the molecule is CCOc1cc(C=Nc2ccc([C@@H]3Nc4ccccc4[C@@H]4C=CC[C@H]43)cc2)cc(Cl)c1OCc1cccc(F)c1. The first kappa shape index (κ1) is 26.1. The van der Waals surface area contributed by atoms with E-state index in [0.29, 0.717) is 40.5 Å². The number of hydrogen-bond donors (Lipinski definition) is 1. The van der Waals surface area contributed by atoms with Gasteiger partial charge in [0.25, 0.3) is 0 Å². The third-order valence-corrected chi connectivity index (χ3v) is 7.77. The van der Waals surface area contributed by atoms with Gasteiger partial charge in [0.15, 0.2) is 11.5 Å². The van der Waals surface area contributed by atoms with E-state index in [2.05, 4.69) is 58.9 Å². The van der Waals surface area contributed by atoms with Crippen LogP contribution in [0, 0.1) is 11.7 Å². The summed E-state index contributed by atoms with van der Waals surface area (Å²) in [4.78, 5) is 4.69. The van der Waals surface area contributed by atoms with E-state index < -0.39 is 0 Å². The number of halogens is 2. The molecule has 4 aromatic carbocycles. The Bertz CT molecular complexity index is 1570. The Balaban J connectivity index is 1.18. The molecule has 40 heavy (non-hydrogen) atoms. The summed E-state index contributed by atoms with van der Waals surface area (Å²) in [6.07, 6.45) is 7.51. The Kier molecular flexibility index (Phi) is 7.56. The average molecular weight is 553 g/mol. The van der Waals surface area contributed by atoms with Gasteiger partial charge in [0.1, 0.15) is 12.4 Å². The van der Waals surface area contributed by atoms with Gasteiger partial charge in [-0.05, 0) is 84.0 Å². The van der Waals surface area contributed by atoms with Crippen molar-refractivity contribution in [2.24, 2.45) is 10.9 Å². The Morgan fingerprint density at radius 3 is 2.67 bits per heavy atom. The molecule has 0 amide bonds. The van der Waals surface area contributed by atoms with Crippen molar-refractivity contribution in [1.82, 2.24) is 0 Å². The monoisotopic (exact) mass is 552 g/mol. The number of fused-ring (bicyclic) bond motifs is 3. The van der Waals surface area contributed by atoms with Crippen LogP contribution in [0.1, 0.15) is 47.6 Å². The molecule has 1 aliphatic carbocycles. The van der Waals surface area contributed by atoms with Gasteiger partial charge < -0.3 is 14.8 Å². The van der Waals surface area contributed by atoms with Crippen LogP contribution >= 0.6 is 11.6 Å². The van der Waals surface area contributed by atoms with E-state index in [0.717, 1.165) is 17.7 Å². The lowest BCUT2D eigenvalue weighted by Gasteiger charge is -2.37. The predicted octanol–water partition coefficient (Wildman–Crippen LogP) is 9.03. The number of ether oxygens (including phenoxy) is 2. The highest BCUT2D eigenvalue weighted by atomic mass is 35.5. The van der Waals surface area contributed by atoms with Crippen molar-refractivity contribution in [3.63, 3.8) is 0 Å². The highest BCUT2D eigenvalue weighted by molar-refractivity contribution is 6.32. The van der Waals surface area contributed by atoms with Gasteiger partial charge in [-0.1, -0.05) is 66.2 Å². The van der Waals surface area contributed by atoms with Crippen LogP contribution < -0.4 is 14.8 Å². The van der Waals surface area contributed by atoms with Gasteiger partial charge in [-0.3, -0.25) is 4.99 Å². The molecule has 6 heteroatoms. The van der Waals surface area contributed by atoms with Crippen molar-refractivity contribution in [3.05, 3.63) is 130 Å². The van der Waals surface area contributed by atoms with E-state index in [4.69, 9.17) is 21.1 Å². The minimum absolute atomic E-state index is 0.177. The van der Waals surface area contributed by atoms with Crippen molar-refractivity contribution in [3.8, 4) is 11.5 Å². The maximum absolute atomic E-state index is 13.5. The molecule has 3 atom stereocenters. The summed E-state index contributed by atoms with van der Waals surface area (Å²) in [5, 5.41) is 4.18. The molecule has 1 heterocycles. The Labute approximate surface area is 239 Å². The number of anilines is 1. The molecule has 0 saturated carbocycles. The Morgan fingerprint density at radius 2 is 1.85 bits per heavy atom. The van der Waals surface area contributed by atoms with Gasteiger partial charge in [-0.2, -0.15) is 0 Å². The minimum atomic E-state index is -0.308. The molecule has 202 valence electrons. The number of benzene rings is 4. The second kappa shape index (κ2) is 11.6. The lowest BCUT2D eigenvalue weighted by molar-refractivity contribution is 0.269. The zero-order chi connectivity index (χ0) is 27.5. The fourth-order valence-corrected chi connectivity index (χ4v) is 5.91. The quantitative estimate of drug-likeness (QED) is 0.175. The summed E-state index contributed by atoms with van der Waals surface area (Å²) in [6, 6.07) is 27.2. The topological polar surface area (TPSA) is 42.8 Å². The molecule has 0 spiro atoms. The number of nitrogens with zero attached hydrogens (tertiary/aromatic N) is 1. The fourth-order valence-electron chi connectivity index (χ4n) is 5.64. The maximum atomic E-state index is 13.5. The van der Waals surface area contributed by atoms with Crippen molar-refractivity contribution >= 4 is 29.2 Å². The standard InChI is InChI=1S/C34H30ClFN2O2/c1-2-39-32-19-23(18-30(35)34(32)40-21-22-7-5-8-25(36)17-22)20-37-26-15-13-24(14-16-26)33-29-11-6-10-27(29)28-9-3-4-12-31(28)38-33/h3-10,12-20,27,29,33,38H,2,11,21H2,1H3/t27-,29+,33-/m0/s1. The van der Waals surface area contributed by atoms with E-state index in [1.54, 1.807) is 24.4 Å². The number of rotatable bonds is 8. The fraction of sp³-hybridized carbons (Fsp3) is 0.206. The van der Waals surface area contributed by atoms with Gasteiger partial charge in [-0.15, -0.1) is 0 Å². The van der Waals surface area contributed by atoms with Gasteiger partial charge in [0.05, 0.1) is 23.4 Å². The van der Waals surface area contributed by atoms with Crippen molar-refractivity contribution in [2.45, 2.75) is 31.9 Å². The van der Waals surface area contributed by atoms with Crippen molar-refractivity contribution in [1.29, 1.82) is 0 Å². The van der Waals surface area contributed by atoms with Gasteiger partial charge in [-0.25, -0.2) is 4.39 Å². The number of para-hydroxylation sites is 1. The van der Waals surface area contributed by atoms with Crippen molar-refractivity contribution in [2.75, 3.05) is 11.9 Å². The predicted molar refractivity (Wildman–Crippen MR) is 160 cm³/mol. The van der Waals surface area contributed by atoms with Crippen LogP contribution in [0.15, 0.2) is 102 Å². The first-order chi connectivity index (χ1) is 19.6. The second-order valence-corrected chi connectivity index (χ2v) is 10.5. The smallest absolute Gasteiger partial charge is 0.180 e. The molecule has 6 rings (SSSR count). The van der Waals surface area contributed by atoms with Crippen LogP contribution in [0.5, 0.6) is 11.5 Å². The van der Waals surface area contributed by atoms with E-state index in [-0.39, 0.29) is 18.5 Å². The van der Waals surface area contributed by atoms with Crippen molar-refractivity contribution < 1.29 is 13.9 Å². The Morgan fingerprint density at radius 1 is 1.00 bits per heavy atom. The molecular formula is C34H30ClFN2O2. The molecule has 0 radical (unpaired) electrons. The van der Waals surface area contributed by atoms with E-state index >= 15 is 0 Å². The van der Waals surface area contributed by atoms with Gasteiger partial charge in [0, 0.05) is 17.8 Å². The van der Waals surface area contributed by atoms with Gasteiger partial charge in [0.2, 0.25) is 0 Å². The third kappa shape index (κ3) is 5.47. The molecule has 0 aromatic heterocycles. The highest BCUT2D eigenvalue weighted by Crippen LogP contribution is 2.49. The molecule has 1 aliphatic heterocycles. The molecule has 4 aromatic rings. The summed E-state index contributed by atoms with van der Waals surface area (Å²) in [6.45, 7) is 2.53. The minimum Gasteiger partial charge on any atom is -0.490 e. The van der Waals surface area contributed by atoms with Crippen LogP contribution in [0.2, 0.25) is 5.02 Å². The largest absolute Gasteiger partial charge is 0.490 e.